The number of ether oxygens (including phenoxy) is 4. The van der Waals surface area contributed by atoms with Gasteiger partial charge in [0.1, 0.15) is 17.9 Å². The maximum absolute atomic E-state index is 13.5. The molecule has 0 saturated heterocycles. The summed E-state index contributed by atoms with van der Waals surface area (Å²) in [4.78, 5) is 59.1. The Morgan fingerprint density at radius 1 is 0.652 bits per heavy atom. The highest BCUT2D eigenvalue weighted by atomic mass is 16.7. The number of hydrogen-bond donors (Lipinski definition) is 3. The van der Waals surface area contributed by atoms with Crippen molar-refractivity contribution in [1.82, 2.24) is 0 Å². The molecule has 10 rings (SSSR count). The Morgan fingerprint density at radius 3 is 1.65 bits per heavy atom. The highest BCUT2D eigenvalue weighted by Gasteiger charge is 2.52. The predicted octanol–water partition coefficient (Wildman–Crippen LogP) is 9.59. The Labute approximate surface area is 404 Å². The molecule has 0 aromatic heterocycles. The van der Waals surface area contributed by atoms with Crippen LogP contribution in [-0.4, -0.2) is 72.2 Å². The van der Waals surface area contributed by atoms with Crippen LogP contribution in [-0.2, 0) is 60.5 Å². The van der Waals surface area contributed by atoms with Crippen molar-refractivity contribution in [3.05, 3.63) is 106 Å². The molecule has 0 bridgehead atoms. The summed E-state index contributed by atoms with van der Waals surface area (Å²) < 4.78 is 21.9. The van der Waals surface area contributed by atoms with Gasteiger partial charge in [-0.3, -0.25) is 19.2 Å². The molecule has 13 nitrogen and oxygen atoms in total. The quantitative estimate of drug-likeness (QED) is 0.0961. The summed E-state index contributed by atoms with van der Waals surface area (Å²) >= 11 is 0. The van der Waals surface area contributed by atoms with E-state index in [-0.39, 0.29) is 54.9 Å². The maximum atomic E-state index is 13.5. The van der Waals surface area contributed by atoms with Crippen LogP contribution >= 0.6 is 0 Å². The van der Waals surface area contributed by atoms with Crippen LogP contribution in [0.5, 0.6) is 23.0 Å². The normalized spacial score (nSPS) is 19.1. The maximum Gasteiger partial charge on any atom is 0.303 e. The van der Waals surface area contributed by atoms with Gasteiger partial charge in [0.25, 0.3) is 0 Å². The molecule has 0 spiro atoms. The first-order valence-electron chi connectivity index (χ1n) is 24.3. The van der Waals surface area contributed by atoms with Crippen molar-refractivity contribution in [2.45, 2.75) is 142 Å². The molecule has 4 aliphatic heterocycles. The Morgan fingerprint density at radius 2 is 1.17 bits per heavy atom. The van der Waals surface area contributed by atoms with E-state index < -0.39 is 17.4 Å². The number of nitrogens with one attached hydrogen (secondary N) is 1. The summed E-state index contributed by atoms with van der Waals surface area (Å²) in [5, 5.41) is 20.6. The lowest BCUT2D eigenvalue weighted by atomic mass is 9.84. The Bertz CT molecular complexity index is 2610. The van der Waals surface area contributed by atoms with Crippen molar-refractivity contribution >= 4 is 41.2 Å². The fourth-order valence-corrected chi connectivity index (χ4v) is 10.2. The molecule has 69 heavy (non-hydrogen) atoms. The van der Waals surface area contributed by atoms with Gasteiger partial charge in [-0.05, 0) is 126 Å². The zero-order valence-electron chi connectivity index (χ0n) is 40.8. The molecular weight excluding hydrogens is 877 g/mol. The summed E-state index contributed by atoms with van der Waals surface area (Å²) in [7, 11) is 0. The minimum Gasteiger partial charge on any atom is -0.481 e. The number of rotatable bonds is 15. The zero-order chi connectivity index (χ0) is 49.3. The fourth-order valence-electron chi connectivity index (χ4n) is 10.2. The summed E-state index contributed by atoms with van der Waals surface area (Å²) in [6.07, 6.45) is 7.90. The van der Waals surface area contributed by atoms with Crippen molar-refractivity contribution in [2.24, 2.45) is 10.8 Å². The first-order chi connectivity index (χ1) is 32.8. The van der Waals surface area contributed by atoms with Gasteiger partial charge in [0, 0.05) is 55.7 Å². The van der Waals surface area contributed by atoms with Gasteiger partial charge in [0.2, 0.25) is 13.6 Å². The minimum atomic E-state index is -0.924. The van der Waals surface area contributed by atoms with Crippen LogP contribution in [0.1, 0.15) is 126 Å². The molecule has 0 amide bonds. The average Bonchev–Trinajstić information content (AvgIpc) is 4.03. The molecule has 366 valence electrons. The van der Waals surface area contributed by atoms with E-state index in [1.807, 2.05) is 36.4 Å². The van der Waals surface area contributed by atoms with E-state index in [1.54, 1.807) is 0 Å². The smallest absolute Gasteiger partial charge is 0.303 e. The van der Waals surface area contributed by atoms with Gasteiger partial charge in [-0.15, -0.1) is 0 Å². The topological polar surface area (TPSA) is 178 Å². The number of carboxylic acids is 2. The van der Waals surface area contributed by atoms with Crippen LogP contribution in [0.15, 0.2) is 72.8 Å². The molecule has 2 saturated carbocycles. The summed E-state index contributed by atoms with van der Waals surface area (Å²) in [6.45, 7) is 14.7. The molecule has 4 aromatic rings. The van der Waals surface area contributed by atoms with E-state index in [4.69, 9.17) is 29.2 Å². The lowest BCUT2D eigenvalue weighted by molar-refractivity contribution is -0.138. The number of aldehydes is 1. The third-order valence-electron chi connectivity index (χ3n) is 14.6. The van der Waals surface area contributed by atoms with Gasteiger partial charge < -0.3 is 44.2 Å². The van der Waals surface area contributed by atoms with Gasteiger partial charge in [-0.25, -0.2) is 0 Å². The first-order valence-corrected chi connectivity index (χ1v) is 24.3. The second-order valence-corrected chi connectivity index (χ2v) is 21.6. The number of carbonyl (C=O) groups is 5. The number of hydrogen-bond acceptors (Lipinski definition) is 11. The zero-order valence-corrected chi connectivity index (χ0v) is 40.8. The highest BCUT2D eigenvalue weighted by Crippen LogP contribution is 2.53. The monoisotopic (exact) mass is 942 g/mol. The van der Waals surface area contributed by atoms with Crippen LogP contribution in [0.3, 0.4) is 0 Å². The predicted molar refractivity (Wildman–Crippen MR) is 262 cm³/mol. The SMILES string of the molecule is CC(C)(C)C1Cc2cc(CC(=O)C3(c4ccc5c(c4)OCO5)CC3)ccc2N1.CC(C)(C)C1Cc2cc(CC(=O)C3(c4ccc5c(c4)OCO5)CC3)ccc2N1CCCC(=O)O.O=CCCC(=O)O. The van der Waals surface area contributed by atoms with E-state index in [0.717, 1.165) is 90.3 Å². The number of ketones is 2. The number of aliphatic carboxylic acids is 2. The number of Topliss-reactive ketones (excluding diaryl/α,β-unsaturated/α-hetero) is 2. The van der Waals surface area contributed by atoms with E-state index in [9.17, 15) is 24.0 Å². The van der Waals surface area contributed by atoms with Crippen molar-refractivity contribution in [1.29, 1.82) is 0 Å². The number of nitrogens with zero attached hydrogens (tertiary/aromatic N) is 1. The fraction of sp³-hybridized carbons (Fsp3) is 0.482. The number of anilines is 2. The highest BCUT2D eigenvalue weighted by molar-refractivity contribution is 5.95. The number of carbonyl (C=O) groups excluding carboxylic acids is 3. The van der Waals surface area contributed by atoms with Gasteiger partial charge in [-0.2, -0.15) is 0 Å². The summed E-state index contributed by atoms with van der Waals surface area (Å²) in [6, 6.07) is 25.4. The lowest BCUT2D eigenvalue weighted by Crippen LogP contribution is -2.42. The standard InChI is InChI=1S/C28H33NO5.C24H27NO3.C4H6O3/c1-27(2,3)24-15-19-13-18(6-8-21(19)29(24)12-4-5-26(31)32)14-25(30)28(10-11-28)20-7-9-22-23(16-20)34-17-33-22;1-23(2,3)21-12-16-10-15(4-6-18(16)25-21)11-22(26)24(8-9-24)17-5-7-19-20(13-17)28-14-27-19;5-3-1-2-4(6)7/h6-9,13,16,24H,4-5,10-12,14-15,17H2,1-3H3,(H,31,32);4-7,10,13,21,25H,8-9,11-12,14H2,1-3H3;3H,1-2H2,(H,6,7). The molecule has 4 heterocycles. The van der Waals surface area contributed by atoms with E-state index in [0.29, 0.717) is 43.4 Å². The van der Waals surface area contributed by atoms with Crippen LogP contribution < -0.4 is 29.2 Å². The molecule has 2 fully saturated rings. The molecule has 2 unspecified atom stereocenters. The Balaban J connectivity index is 0.000000166. The molecule has 2 atom stereocenters. The first kappa shape index (κ1) is 49.1. The molecule has 0 radical (unpaired) electrons. The third kappa shape index (κ3) is 10.9. The Kier molecular flexibility index (Phi) is 13.9. The summed E-state index contributed by atoms with van der Waals surface area (Å²) in [5.74, 6) is 1.89. The van der Waals surface area contributed by atoms with E-state index in [1.165, 1.54) is 22.5 Å². The van der Waals surface area contributed by atoms with Crippen molar-refractivity contribution in [2.75, 3.05) is 30.3 Å². The molecule has 13 heteroatoms. The molecule has 3 N–H and O–H groups in total. The van der Waals surface area contributed by atoms with Crippen LogP contribution in [0.25, 0.3) is 0 Å². The third-order valence-corrected chi connectivity index (χ3v) is 14.6. The molecule has 2 aliphatic carbocycles. The number of carboxylic acid groups (broad SMARTS) is 2. The average molecular weight is 943 g/mol. The van der Waals surface area contributed by atoms with Crippen molar-refractivity contribution in [3.63, 3.8) is 0 Å². The van der Waals surface area contributed by atoms with Gasteiger partial charge >= 0.3 is 11.9 Å². The van der Waals surface area contributed by atoms with Gasteiger partial charge in [-0.1, -0.05) is 77.9 Å². The van der Waals surface area contributed by atoms with Gasteiger partial charge in [0.05, 0.1) is 17.3 Å². The van der Waals surface area contributed by atoms with E-state index >= 15 is 0 Å². The van der Waals surface area contributed by atoms with Crippen molar-refractivity contribution in [3.8, 4) is 23.0 Å². The van der Waals surface area contributed by atoms with E-state index in [2.05, 4.69) is 88.2 Å². The Hall–Kier alpha value is -6.37. The molecule has 6 aliphatic rings. The molecule has 4 aromatic carbocycles. The second kappa shape index (κ2) is 19.6. The van der Waals surface area contributed by atoms with Crippen LogP contribution in [0.2, 0.25) is 0 Å². The lowest BCUT2D eigenvalue weighted by Gasteiger charge is -2.37. The van der Waals surface area contributed by atoms with Crippen molar-refractivity contribution < 1.29 is 53.1 Å². The molecular formula is C56H66N2O11. The van der Waals surface area contributed by atoms with Crippen LogP contribution in [0, 0.1) is 10.8 Å². The number of fused-ring (bicyclic) bond motifs is 4. The largest absolute Gasteiger partial charge is 0.481 e. The second-order valence-electron chi connectivity index (χ2n) is 21.6. The number of benzene rings is 4. The van der Waals surface area contributed by atoms with Gasteiger partial charge in [0.15, 0.2) is 23.0 Å². The van der Waals surface area contributed by atoms with Crippen LogP contribution in [0.4, 0.5) is 11.4 Å². The summed E-state index contributed by atoms with van der Waals surface area (Å²) in [5.41, 5.74) is 8.78. The minimum absolute atomic E-state index is 0.0521.